The van der Waals surface area contributed by atoms with E-state index < -0.39 is 0 Å². The molecule has 6 heteroatoms. The van der Waals surface area contributed by atoms with Crippen LogP contribution in [0.3, 0.4) is 0 Å². The zero-order valence-corrected chi connectivity index (χ0v) is 13.6. The van der Waals surface area contributed by atoms with Gasteiger partial charge in [-0.2, -0.15) is 0 Å². The molecule has 0 aliphatic rings. The lowest BCUT2D eigenvalue weighted by molar-refractivity contribution is -0.111. The first kappa shape index (κ1) is 15.4. The maximum atomic E-state index is 12.0. The van der Waals surface area contributed by atoms with Gasteiger partial charge in [0.05, 0.1) is 0 Å². The number of rotatable bonds is 6. The number of furan rings is 1. The summed E-state index contributed by atoms with van der Waals surface area (Å²) >= 11 is 1.28. The average molecular weight is 327 g/mol. The number of anilines is 1. The number of amides is 1. The molecule has 0 radical (unpaired) electrons. The zero-order chi connectivity index (χ0) is 16.1. The van der Waals surface area contributed by atoms with Crippen LogP contribution in [-0.4, -0.2) is 16.1 Å². The SMILES string of the molecule is CCCCc1oc2ccccc2c1/C=C/C(=O)Nc1nncs1. The molecule has 5 nitrogen and oxygen atoms in total. The van der Waals surface area contributed by atoms with E-state index in [1.54, 1.807) is 5.51 Å². The third kappa shape index (κ3) is 3.65. The van der Waals surface area contributed by atoms with Gasteiger partial charge in [-0.15, -0.1) is 10.2 Å². The van der Waals surface area contributed by atoms with Crippen LogP contribution in [0.2, 0.25) is 0 Å². The van der Waals surface area contributed by atoms with Crippen molar-refractivity contribution in [1.29, 1.82) is 0 Å². The second-order valence-electron chi connectivity index (χ2n) is 5.11. The number of fused-ring (bicyclic) bond motifs is 1. The molecule has 0 fully saturated rings. The Morgan fingerprint density at radius 3 is 3.04 bits per heavy atom. The van der Waals surface area contributed by atoms with Crippen LogP contribution in [0.25, 0.3) is 17.0 Å². The molecule has 0 saturated carbocycles. The van der Waals surface area contributed by atoms with Crippen molar-refractivity contribution < 1.29 is 9.21 Å². The molecule has 0 aliphatic heterocycles. The Kier molecular flexibility index (Phi) is 4.83. The van der Waals surface area contributed by atoms with Gasteiger partial charge in [0.1, 0.15) is 16.9 Å². The zero-order valence-electron chi connectivity index (χ0n) is 12.8. The molecule has 0 atom stereocenters. The number of carbonyl (C=O) groups is 1. The smallest absolute Gasteiger partial charge is 0.250 e. The third-order valence-electron chi connectivity index (χ3n) is 3.46. The standard InChI is InChI=1S/C17H17N3O2S/c1-2-3-7-14-13(12-6-4-5-8-15(12)22-14)9-10-16(21)19-17-20-18-11-23-17/h4-6,8-11H,2-3,7H2,1H3,(H,19,20,21)/b10-9+. The largest absolute Gasteiger partial charge is 0.460 e. The Balaban J connectivity index is 1.85. The van der Waals surface area contributed by atoms with Gasteiger partial charge in [-0.25, -0.2) is 0 Å². The summed E-state index contributed by atoms with van der Waals surface area (Å²) < 4.78 is 5.94. The lowest BCUT2D eigenvalue weighted by atomic mass is 10.1. The van der Waals surface area contributed by atoms with Gasteiger partial charge < -0.3 is 4.42 Å². The number of hydrogen-bond donors (Lipinski definition) is 1. The minimum atomic E-state index is -0.228. The number of carbonyl (C=O) groups excluding carboxylic acids is 1. The molecule has 0 spiro atoms. The van der Waals surface area contributed by atoms with Crippen molar-refractivity contribution in [2.75, 3.05) is 5.32 Å². The minimum Gasteiger partial charge on any atom is -0.460 e. The Bertz CT molecular complexity index is 822. The molecule has 1 aromatic carbocycles. The molecule has 3 aromatic rings. The molecule has 118 valence electrons. The average Bonchev–Trinajstić information content (AvgIpc) is 3.18. The van der Waals surface area contributed by atoms with Crippen molar-refractivity contribution in [3.8, 4) is 0 Å². The first-order chi connectivity index (χ1) is 11.3. The molecular formula is C17H17N3O2S. The predicted octanol–water partition coefficient (Wildman–Crippen LogP) is 4.28. The van der Waals surface area contributed by atoms with Crippen LogP contribution in [0.4, 0.5) is 5.13 Å². The Hall–Kier alpha value is -2.47. The van der Waals surface area contributed by atoms with Crippen molar-refractivity contribution in [2.24, 2.45) is 0 Å². The van der Waals surface area contributed by atoms with E-state index in [0.717, 1.165) is 41.6 Å². The Morgan fingerprint density at radius 1 is 1.39 bits per heavy atom. The van der Waals surface area contributed by atoms with Gasteiger partial charge in [0.15, 0.2) is 0 Å². The first-order valence-corrected chi connectivity index (χ1v) is 8.41. The summed E-state index contributed by atoms with van der Waals surface area (Å²) in [6.07, 6.45) is 6.33. The number of benzene rings is 1. The molecule has 23 heavy (non-hydrogen) atoms. The van der Waals surface area contributed by atoms with Gasteiger partial charge in [0, 0.05) is 23.4 Å². The number of nitrogens with one attached hydrogen (secondary N) is 1. The minimum absolute atomic E-state index is 0.228. The fourth-order valence-electron chi connectivity index (χ4n) is 2.36. The van der Waals surface area contributed by atoms with Crippen LogP contribution < -0.4 is 5.32 Å². The van der Waals surface area contributed by atoms with Crippen molar-refractivity contribution in [1.82, 2.24) is 10.2 Å². The third-order valence-corrected chi connectivity index (χ3v) is 4.07. The molecule has 1 N–H and O–H groups in total. The second-order valence-corrected chi connectivity index (χ2v) is 5.94. The number of unbranched alkanes of at least 4 members (excludes halogenated alkanes) is 1. The van der Waals surface area contributed by atoms with Crippen LogP contribution >= 0.6 is 11.3 Å². The number of para-hydroxylation sites is 1. The van der Waals surface area contributed by atoms with Gasteiger partial charge >= 0.3 is 0 Å². The predicted molar refractivity (Wildman–Crippen MR) is 92.4 cm³/mol. The molecule has 0 aliphatic carbocycles. The summed E-state index contributed by atoms with van der Waals surface area (Å²) in [5, 5.41) is 11.7. The number of aromatic nitrogens is 2. The highest BCUT2D eigenvalue weighted by atomic mass is 32.1. The van der Waals surface area contributed by atoms with Crippen LogP contribution in [-0.2, 0) is 11.2 Å². The van der Waals surface area contributed by atoms with Gasteiger partial charge in [0.25, 0.3) is 0 Å². The Morgan fingerprint density at radius 2 is 2.26 bits per heavy atom. The van der Waals surface area contributed by atoms with Gasteiger partial charge in [-0.05, 0) is 18.6 Å². The van der Waals surface area contributed by atoms with E-state index in [1.807, 2.05) is 30.3 Å². The van der Waals surface area contributed by atoms with E-state index in [-0.39, 0.29) is 5.91 Å². The van der Waals surface area contributed by atoms with Crippen molar-refractivity contribution in [3.05, 3.63) is 47.2 Å². The lowest BCUT2D eigenvalue weighted by Gasteiger charge is -1.98. The van der Waals surface area contributed by atoms with E-state index in [1.165, 1.54) is 17.4 Å². The summed E-state index contributed by atoms with van der Waals surface area (Å²) in [5.74, 6) is 0.696. The topological polar surface area (TPSA) is 68.0 Å². The highest BCUT2D eigenvalue weighted by Gasteiger charge is 2.11. The second kappa shape index (κ2) is 7.19. The van der Waals surface area contributed by atoms with Crippen LogP contribution in [0.15, 0.2) is 40.3 Å². The maximum absolute atomic E-state index is 12.0. The fourth-order valence-corrected chi connectivity index (χ4v) is 2.80. The van der Waals surface area contributed by atoms with Crippen LogP contribution in [0.1, 0.15) is 31.1 Å². The molecule has 0 bridgehead atoms. The fraction of sp³-hybridized carbons (Fsp3) is 0.235. The van der Waals surface area contributed by atoms with Gasteiger partial charge in [-0.1, -0.05) is 42.9 Å². The molecule has 0 saturated heterocycles. The van der Waals surface area contributed by atoms with E-state index in [9.17, 15) is 4.79 Å². The number of hydrogen-bond acceptors (Lipinski definition) is 5. The maximum Gasteiger partial charge on any atom is 0.250 e. The molecule has 3 rings (SSSR count). The molecule has 2 heterocycles. The summed E-state index contributed by atoms with van der Waals surface area (Å²) in [7, 11) is 0. The highest BCUT2D eigenvalue weighted by Crippen LogP contribution is 2.28. The number of nitrogens with zero attached hydrogens (tertiary/aromatic N) is 2. The molecular weight excluding hydrogens is 310 g/mol. The van der Waals surface area contributed by atoms with Crippen molar-refractivity contribution >= 4 is 39.4 Å². The van der Waals surface area contributed by atoms with Gasteiger partial charge in [0.2, 0.25) is 11.0 Å². The first-order valence-electron chi connectivity index (χ1n) is 7.53. The van der Waals surface area contributed by atoms with Crippen LogP contribution in [0.5, 0.6) is 0 Å². The summed E-state index contributed by atoms with van der Waals surface area (Å²) in [5.41, 5.74) is 3.40. The van der Waals surface area contributed by atoms with E-state index in [0.29, 0.717) is 5.13 Å². The van der Waals surface area contributed by atoms with E-state index in [4.69, 9.17) is 4.42 Å². The lowest BCUT2D eigenvalue weighted by Crippen LogP contribution is -2.07. The van der Waals surface area contributed by atoms with Crippen molar-refractivity contribution in [3.63, 3.8) is 0 Å². The summed E-state index contributed by atoms with van der Waals surface area (Å²) in [6, 6.07) is 7.88. The Labute approximate surface area is 138 Å². The van der Waals surface area contributed by atoms with Crippen molar-refractivity contribution in [2.45, 2.75) is 26.2 Å². The molecule has 0 unspecified atom stereocenters. The number of aryl methyl sites for hydroxylation is 1. The van der Waals surface area contributed by atoms with Gasteiger partial charge in [-0.3, -0.25) is 10.1 Å². The van der Waals surface area contributed by atoms with Crippen LogP contribution in [0, 0.1) is 0 Å². The van der Waals surface area contributed by atoms with E-state index >= 15 is 0 Å². The summed E-state index contributed by atoms with van der Waals surface area (Å²) in [6.45, 7) is 2.15. The quantitative estimate of drug-likeness (QED) is 0.686. The van der Waals surface area contributed by atoms with E-state index in [2.05, 4.69) is 22.4 Å². The molecule has 1 amide bonds. The monoisotopic (exact) mass is 327 g/mol. The molecule has 2 aromatic heterocycles. The highest BCUT2D eigenvalue weighted by molar-refractivity contribution is 7.13. The normalized spacial score (nSPS) is 11.3. The summed E-state index contributed by atoms with van der Waals surface area (Å²) in [4.78, 5) is 12.0.